The second-order valence-electron chi connectivity index (χ2n) is 4.61. The number of ether oxygens (including phenoxy) is 2. The van der Waals surface area contributed by atoms with Gasteiger partial charge in [-0.2, -0.15) is 0 Å². The normalized spacial score (nSPS) is 10.4. The fourth-order valence-corrected chi connectivity index (χ4v) is 2.10. The van der Waals surface area contributed by atoms with E-state index in [2.05, 4.69) is 9.72 Å². The molecule has 5 nitrogen and oxygen atoms in total. The van der Waals surface area contributed by atoms with Gasteiger partial charge in [0.05, 0.1) is 14.2 Å². The Morgan fingerprint density at radius 1 is 1.27 bits per heavy atom. The molecule has 0 fully saturated rings. The molecule has 0 spiro atoms. The van der Waals surface area contributed by atoms with E-state index in [1.54, 1.807) is 12.1 Å². The highest BCUT2D eigenvalue weighted by atomic mass is 19.1. The van der Waals surface area contributed by atoms with Crippen molar-refractivity contribution in [1.29, 1.82) is 0 Å². The van der Waals surface area contributed by atoms with Crippen LogP contribution in [0, 0.1) is 5.82 Å². The lowest BCUT2D eigenvalue weighted by Crippen LogP contribution is -2.12. The molecule has 22 heavy (non-hydrogen) atoms. The van der Waals surface area contributed by atoms with Crippen LogP contribution in [0.4, 0.5) is 10.1 Å². The number of anilines is 1. The second-order valence-corrected chi connectivity index (χ2v) is 4.61. The highest BCUT2D eigenvalue weighted by molar-refractivity contribution is 5.93. The van der Waals surface area contributed by atoms with Gasteiger partial charge in [0.2, 0.25) is 0 Å². The maximum absolute atomic E-state index is 14.4. The highest BCUT2D eigenvalue weighted by Crippen LogP contribution is 2.34. The van der Waals surface area contributed by atoms with Crippen LogP contribution in [0.15, 0.2) is 24.3 Å². The van der Waals surface area contributed by atoms with Crippen molar-refractivity contribution >= 4 is 11.7 Å². The van der Waals surface area contributed by atoms with Crippen LogP contribution < -0.4 is 10.5 Å². The van der Waals surface area contributed by atoms with E-state index in [9.17, 15) is 9.18 Å². The minimum absolute atomic E-state index is 0.0126. The third-order valence-electron chi connectivity index (χ3n) is 3.35. The summed E-state index contributed by atoms with van der Waals surface area (Å²) in [5.41, 5.74) is 6.93. The molecule has 6 heteroatoms. The molecular formula is C16H17FN2O3. The lowest BCUT2D eigenvalue weighted by Gasteiger charge is -2.13. The van der Waals surface area contributed by atoms with Crippen LogP contribution in [-0.2, 0) is 11.2 Å². The third-order valence-corrected chi connectivity index (χ3v) is 3.35. The number of rotatable bonds is 4. The Morgan fingerprint density at radius 2 is 1.91 bits per heavy atom. The summed E-state index contributed by atoms with van der Waals surface area (Å²) in [6.45, 7) is 2.02. The molecule has 0 aliphatic carbocycles. The van der Waals surface area contributed by atoms with Gasteiger partial charge < -0.3 is 15.2 Å². The molecule has 0 aliphatic heterocycles. The van der Waals surface area contributed by atoms with Crippen molar-refractivity contribution in [3.63, 3.8) is 0 Å². The fraction of sp³-hybridized carbons (Fsp3) is 0.250. The predicted molar refractivity (Wildman–Crippen MR) is 81.3 cm³/mol. The summed E-state index contributed by atoms with van der Waals surface area (Å²) in [4.78, 5) is 15.8. The van der Waals surface area contributed by atoms with E-state index in [0.717, 1.165) is 12.0 Å². The van der Waals surface area contributed by atoms with Crippen LogP contribution in [0.25, 0.3) is 11.3 Å². The van der Waals surface area contributed by atoms with E-state index in [-0.39, 0.29) is 22.8 Å². The summed E-state index contributed by atoms with van der Waals surface area (Å²) in [6.07, 6.45) is 0.869. The molecule has 0 amide bonds. The lowest BCUT2D eigenvalue weighted by atomic mass is 10.1. The Labute approximate surface area is 127 Å². The van der Waals surface area contributed by atoms with E-state index in [4.69, 9.17) is 10.5 Å². The molecule has 1 heterocycles. The van der Waals surface area contributed by atoms with Gasteiger partial charge in [-0.15, -0.1) is 0 Å². The molecule has 2 N–H and O–H groups in total. The maximum Gasteiger partial charge on any atom is 0.360 e. The Kier molecular flexibility index (Phi) is 4.60. The average molecular weight is 304 g/mol. The van der Waals surface area contributed by atoms with Crippen molar-refractivity contribution in [2.75, 3.05) is 20.0 Å². The molecular weight excluding hydrogens is 287 g/mol. The summed E-state index contributed by atoms with van der Waals surface area (Å²) < 4.78 is 24.1. The minimum atomic E-state index is -0.741. The van der Waals surface area contributed by atoms with Gasteiger partial charge in [-0.25, -0.2) is 14.2 Å². The summed E-state index contributed by atoms with van der Waals surface area (Å²) in [5.74, 6) is -1.60. The lowest BCUT2D eigenvalue weighted by molar-refractivity contribution is 0.0590. The Bertz CT molecular complexity index is 700. The Morgan fingerprint density at radius 3 is 2.41 bits per heavy atom. The molecule has 2 aromatic rings. The van der Waals surface area contributed by atoms with Crippen LogP contribution in [0.2, 0.25) is 0 Å². The van der Waals surface area contributed by atoms with Crippen LogP contribution in [0.3, 0.4) is 0 Å². The van der Waals surface area contributed by atoms with E-state index < -0.39 is 11.8 Å². The first-order chi connectivity index (χ1) is 10.5. The number of hydrogen-bond acceptors (Lipinski definition) is 5. The van der Waals surface area contributed by atoms with E-state index >= 15 is 0 Å². The number of esters is 1. The van der Waals surface area contributed by atoms with Crippen molar-refractivity contribution < 1.29 is 18.7 Å². The first kappa shape index (κ1) is 15.8. The zero-order chi connectivity index (χ0) is 16.3. The first-order valence-electron chi connectivity index (χ1n) is 6.74. The predicted octanol–water partition coefficient (Wildman–Crippen LogP) is 2.83. The van der Waals surface area contributed by atoms with Gasteiger partial charge in [-0.1, -0.05) is 31.2 Å². The van der Waals surface area contributed by atoms with Crippen LogP contribution in [-0.4, -0.2) is 25.2 Å². The molecule has 0 aliphatic rings. The topological polar surface area (TPSA) is 74.4 Å². The first-order valence-corrected chi connectivity index (χ1v) is 6.74. The Balaban J connectivity index is 2.64. The number of nitrogens with two attached hydrogens (primary N) is 1. The molecule has 0 radical (unpaired) electrons. The van der Waals surface area contributed by atoms with Crippen LogP contribution in [0.1, 0.15) is 23.0 Å². The van der Waals surface area contributed by atoms with E-state index in [1.165, 1.54) is 14.2 Å². The number of methoxy groups -OCH3 is 2. The van der Waals surface area contributed by atoms with Gasteiger partial charge in [0.15, 0.2) is 17.3 Å². The van der Waals surface area contributed by atoms with E-state index in [1.807, 2.05) is 19.1 Å². The fourth-order valence-electron chi connectivity index (χ4n) is 2.10. The van der Waals surface area contributed by atoms with Gasteiger partial charge in [-0.3, -0.25) is 0 Å². The number of carbonyl (C=O) groups is 1. The number of hydrogen-bond donors (Lipinski definition) is 1. The largest absolute Gasteiger partial charge is 0.492 e. The number of aromatic nitrogens is 1. The monoisotopic (exact) mass is 304 g/mol. The molecule has 1 aromatic heterocycles. The smallest absolute Gasteiger partial charge is 0.360 e. The van der Waals surface area contributed by atoms with Gasteiger partial charge in [0.1, 0.15) is 11.4 Å². The van der Waals surface area contributed by atoms with Crippen molar-refractivity contribution in [1.82, 2.24) is 4.98 Å². The van der Waals surface area contributed by atoms with Gasteiger partial charge in [0, 0.05) is 5.56 Å². The summed E-state index contributed by atoms with van der Waals surface area (Å²) in [5, 5.41) is 0. The number of nitrogen functional groups attached to an aromatic ring is 1. The second kappa shape index (κ2) is 6.43. The number of pyridine rings is 1. The maximum atomic E-state index is 14.4. The number of halogens is 1. The van der Waals surface area contributed by atoms with Crippen molar-refractivity contribution in [3.8, 4) is 17.0 Å². The van der Waals surface area contributed by atoms with Gasteiger partial charge >= 0.3 is 5.97 Å². The van der Waals surface area contributed by atoms with Gasteiger partial charge in [-0.05, 0) is 12.0 Å². The third kappa shape index (κ3) is 2.72. The number of carbonyl (C=O) groups excluding carboxylic acids is 1. The molecule has 0 saturated heterocycles. The zero-order valence-electron chi connectivity index (χ0n) is 12.6. The SMILES string of the molecule is CCc1ccc(-c2nc(C(=O)OC)c(OC)c(N)c2F)cc1. The summed E-state index contributed by atoms with van der Waals surface area (Å²) >= 11 is 0. The van der Waals surface area contributed by atoms with E-state index in [0.29, 0.717) is 5.56 Å². The quantitative estimate of drug-likeness (QED) is 0.879. The number of aryl methyl sites for hydroxylation is 1. The van der Waals surface area contributed by atoms with Crippen molar-refractivity contribution in [2.45, 2.75) is 13.3 Å². The molecule has 0 unspecified atom stereocenters. The van der Waals surface area contributed by atoms with Crippen LogP contribution in [0.5, 0.6) is 5.75 Å². The number of nitrogens with zero attached hydrogens (tertiary/aromatic N) is 1. The van der Waals surface area contributed by atoms with Crippen molar-refractivity contribution in [2.24, 2.45) is 0 Å². The highest BCUT2D eigenvalue weighted by Gasteiger charge is 2.24. The standard InChI is InChI=1S/C16H17FN2O3/c1-4-9-5-7-10(8-6-9)13-11(17)12(18)15(21-2)14(19-13)16(20)22-3/h5-8H,4H2,1-3H3,(H2,18,19). The van der Waals surface area contributed by atoms with Crippen molar-refractivity contribution in [3.05, 3.63) is 41.3 Å². The minimum Gasteiger partial charge on any atom is -0.492 e. The zero-order valence-corrected chi connectivity index (χ0v) is 12.6. The number of benzene rings is 1. The van der Waals surface area contributed by atoms with Crippen LogP contribution >= 0.6 is 0 Å². The summed E-state index contributed by atoms with van der Waals surface area (Å²) in [7, 11) is 2.49. The molecule has 0 atom stereocenters. The summed E-state index contributed by atoms with van der Waals surface area (Å²) in [6, 6.07) is 7.21. The molecule has 1 aromatic carbocycles. The molecule has 2 rings (SSSR count). The average Bonchev–Trinajstić information content (AvgIpc) is 2.56. The molecule has 0 saturated carbocycles. The Hall–Kier alpha value is -2.63. The molecule has 0 bridgehead atoms. The molecule has 116 valence electrons. The van der Waals surface area contributed by atoms with Gasteiger partial charge in [0.25, 0.3) is 0 Å².